The summed E-state index contributed by atoms with van der Waals surface area (Å²) in [5.41, 5.74) is 0.744. The number of allylic oxidation sites excluding steroid dienone is 2. The third kappa shape index (κ3) is 6.49. The Morgan fingerprint density at radius 2 is 1.75 bits per heavy atom. The van der Waals surface area contributed by atoms with Crippen molar-refractivity contribution in [1.29, 1.82) is 0 Å². The Kier molecular flexibility index (Phi) is 7.33. The number of benzene rings is 1. The van der Waals surface area contributed by atoms with Crippen LogP contribution < -0.4 is 0 Å². The van der Waals surface area contributed by atoms with Crippen LogP contribution in [0.4, 0.5) is 0 Å². The molecule has 0 aliphatic rings. The summed E-state index contributed by atoms with van der Waals surface area (Å²) in [6.45, 7) is 10.7. The van der Waals surface area contributed by atoms with Crippen molar-refractivity contribution in [1.82, 2.24) is 0 Å². The van der Waals surface area contributed by atoms with Crippen molar-refractivity contribution < 1.29 is 9.37 Å². The van der Waals surface area contributed by atoms with Crippen LogP contribution in [0.1, 0.15) is 10.4 Å². The molecule has 0 atom stereocenters. The molecule has 0 aliphatic heterocycles. The summed E-state index contributed by atoms with van der Waals surface area (Å²) in [5, 5.41) is 0. The summed E-state index contributed by atoms with van der Waals surface area (Å²) in [6, 6.07) is 9.23. The third-order valence-electron chi connectivity index (χ3n) is 1.68. The molecule has 0 heterocycles. The predicted octanol–water partition coefficient (Wildman–Crippen LogP) is 2.57. The van der Waals surface area contributed by atoms with Gasteiger partial charge < -0.3 is 0 Å². The summed E-state index contributed by atoms with van der Waals surface area (Å²) in [5.74, 6) is 0.105. The van der Waals surface area contributed by atoms with Gasteiger partial charge in [-0.3, -0.25) is 4.79 Å². The lowest BCUT2D eigenvalue weighted by Gasteiger charge is -1.95. The summed E-state index contributed by atoms with van der Waals surface area (Å²) < 4.78 is 1.62. The lowest BCUT2D eigenvalue weighted by molar-refractivity contribution is -0.473. The molecule has 1 rings (SSSR count). The molecule has 0 spiro atoms. The van der Waals surface area contributed by atoms with Gasteiger partial charge in [-0.25, -0.2) is 4.58 Å². The Bertz CT molecular complexity index is 360. The first kappa shape index (κ1) is 14.0. The topological polar surface area (TPSA) is 20.1 Å². The van der Waals surface area contributed by atoms with Gasteiger partial charge in [0.15, 0.2) is 0 Å². The Labute approximate surface area is 97.2 Å². The monoisotopic (exact) mass is 216 g/mol. The maximum Gasteiger partial charge on any atom is 0.226 e. The molecule has 2 heteroatoms. The van der Waals surface area contributed by atoms with Gasteiger partial charge in [0, 0.05) is 5.56 Å². The van der Waals surface area contributed by atoms with Crippen molar-refractivity contribution in [2.45, 2.75) is 0 Å². The van der Waals surface area contributed by atoms with Gasteiger partial charge in [-0.2, -0.15) is 0 Å². The Morgan fingerprint density at radius 1 is 1.25 bits per heavy atom. The molecule has 2 nitrogen and oxygen atoms in total. The van der Waals surface area contributed by atoms with Crippen LogP contribution >= 0.6 is 0 Å². The lowest BCUT2D eigenvalue weighted by atomic mass is 10.1. The number of ketones is 1. The number of rotatable bonds is 4. The Morgan fingerprint density at radius 3 is 2.12 bits per heavy atom. The Hall–Kier alpha value is -1.96. The highest BCUT2D eigenvalue weighted by Crippen LogP contribution is 1.99. The largest absolute Gasteiger partial charge is 0.287 e. The zero-order valence-corrected chi connectivity index (χ0v) is 9.73. The minimum atomic E-state index is 0.105. The quantitative estimate of drug-likeness (QED) is 0.328. The van der Waals surface area contributed by atoms with Crippen LogP contribution in [0.5, 0.6) is 0 Å². The summed E-state index contributed by atoms with van der Waals surface area (Å²) in [4.78, 5) is 11.4. The number of carbonyl (C=O) groups is 1. The van der Waals surface area contributed by atoms with Crippen LogP contribution in [0.3, 0.4) is 0 Å². The molecule has 16 heavy (non-hydrogen) atoms. The van der Waals surface area contributed by atoms with Gasteiger partial charge in [0.1, 0.15) is 13.8 Å². The van der Waals surface area contributed by atoms with E-state index in [1.165, 1.54) is 0 Å². The molecule has 0 bridgehead atoms. The molecular weight excluding hydrogens is 198 g/mol. The predicted molar refractivity (Wildman–Crippen MR) is 69.3 cm³/mol. The van der Waals surface area contributed by atoms with E-state index >= 15 is 0 Å². The molecular formula is C14H18NO+. The fourth-order valence-electron chi connectivity index (χ4n) is 0.960. The van der Waals surface area contributed by atoms with E-state index in [1.807, 2.05) is 30.3 Å². The van der Waals surface area contributed by atoms with Gasteiger partial charge in [-0.05, 0) is 0 Å². The fourth-order valence-corrected chi connectivity index (χ4v) is 0.960. The Balaban J connectivity index is 0.000000487. The molecule has 0 saturated carbocycles. The van der Waals surface area contributed by atoms with Gasteiger partial charge >= 0.3 is 0 Å². The summed E-state index contributed by atoms with van der Waals surface area (Å²) >= 11 is 0. The number of carbonyl (C=O) groups excluding carboxylic acids is 1. The van der Waals surface area contributed by atoms with Crippen molar-refractivity contribution in [2.75, 3.05) is 13.6 Å². The second-order valence-corrected chi connectivity index (χ2v) is 3.27. The van der Waals surface area contributed by atoms with E-state index in [0.29, 0.717) is 6.54 Å². The van der Waals surface area contributed by atoms with Crippen LogP contribution in [0.15, 0.2) is 55.6 Å². The normalized spacial score (nSPS) is 8.31. The van der Waals surface area contributed by atoms with Crippen molar-refractivity contribution in [2.24, 2.45) is 0 Å². The van der Waals surface area contributed by atoms with Crippen LogP contribution in [0, 0.1) is 0 Å². The number of nitrogens with zero attached hydrogens (tertiary/aromatic N) is 1. The highest BCUT2D eigenvalue weighted by atomic mass is 16.1. The van der Waals surface area contributed by atoms with Crippen LogP contribution in [-0.4, -0.2) is 30.7 Å². The first-order valence-corrected chi connectivity index (χ1v) is 4.95. The van der Waals surface area contributed by atoms with Crippen molar-refractivity contribution >= 4 is 12.5 Å². The van der Waals surface area contributed by atoms with Gasteiger partial charge in [0.25, 0.3) is 0 Å². The summed E-state index contributed by atoms with van der Waals surface area (Å²) in [7, 11) is 1.78. The van der Waals surface area contributed by atoms with Gasteiger partial charge in [0.05, 0.1) is 0 Å². The molecule has 0 unspecified atom stereocenters. The number of likely N-dealkylation sites (N-methyl/N-ethyl adjacent to an activating group) is 1. The number of Topliss-reactive ketones (excluding diaryl/α,β-unsaturated/α-hetero) is 1. The molecule has 0 aromatic heterocycles. The average molecular weight is 216 g/mol. The molecule has 0 amide bonds. The third-order valence-corrected chi connectivity index (χ3v) is 1.68. The zero-order valence-electron chi connectivity index (χ0n) is 9.73. The maximum atomic E-state index is 11.4. The fraction of sp³-hybridized carbons (Fsp3) is 0.143. The van der Waals surface area contributed by atoms with Gasteiger partial charge in [-0.15, -0.1) is 0 Å². The molecule has 0 aliphatic carbocycles. The van der Waals surface area contributed by atoms with Crippen LogP contribution in [0.25, 0.3) is 0 Å². The van der Waals surface area contributed by atoms with Crippen molar-refractivity contribution in [3.63, 3.8) is 0 Å². The van der Waals surface area contributed by atoms with Crippen molar-refractivity contribution in [3.05, 3.63) is 61.2 Å². The molecule has 1 aromatic carbocycles. The molecule has 0 fully saturated rings. The second kappa shape index (κ2) is 8.36. The minimum absolute atomic E-state index is 0.105. The van der Waals surface area contributed by atoms with E-state index in [1.54, 1.807) is 23.8 Å². The number of hydrogen-bond donors (Lipinski definition) is 0. The molecule has 0 N–H and O–H groups in total. The minimum Gasteiger partial charge on any atom is -0.287 e. The van der Waals surface area contributed by atoms with E-state index < -0.39 is 0 Å². The standard InChI is InChI=1S/C10H12NO.C4H6/c1-11(2)8-10(12)9-6-4-3-5-7-9;1-3-4-2/h3-7H,1,8H2,2H3;3-4H,1-2H2/q+1;. The van der Waals surface area contributed by atoms with Crippen LogP contribution in [-0.2, 0) is 0 Å². The van der Waals surface area contributed by atoms with E-state index in [-0.39, 0.29) is 5.78 Å². The van der Waals surface area contributed by atoms with Gasteiger partial charge in [-0.1, -0.05) is 55.6 Å². The first-order chi connectivity index (χ1) is 7.61. The molecule has 1 aromatic rings. The van der Waals surface area contributed by atoms with Crippen molar-refractivity contribution in [3.8, 4) is 0 Å². The van der Waals surface area contributed by atoms with E-state index in [9.17, 15) is 4.79 Å². The lowest BCUT2D eigenvalue weighted by Crippen LogP contribution is -2.15. The van der Waals surface area contributed by atoms with E-state index in [2.05, 4.69) is 19.9 Å². The summed E-state index contributed by atoms with van der Waals surface area (Å²) in [6.07, 6.45) is 3.28. The maximum absolute atomic E-state index is 11.4. The average Bonchev–Trinajstić information content (AvgIpc) is 2.30. The zero-order chi connectivity index (χ0) is 12.4. The second-order valence-electron chi connectivity index (χ2n) is 3.27. The van der Waals surface area contributed by atoms with Gasteiger partial charge in [0.2, 0.25) is 12.3 Å². The molecule has 0 radical (unpaired) electrons. The molecule has 84 valence electrons. The van der Waals surface area contributed by atoms with E-state index in [0.717, 1.165) is 5.56 Å². The van der Waals surface area contributed by atoms with E-state index in [4.69, 9.17) is 0 Å². The number of hydrogen-bond acceptors (Lipinski definition) is 1. The van der Waals surface area contributed by atoms with Crippen LogP contribution in [0.2, 0.25) is 0 Å². The highest BCUT2D eigenvalue weighted by Gasteiger charge is 2.07. The highest BCUT2D eigenvalue weighted by molar-refractivity contribution is 5.96. The smallest absolute Gasteiger partial charge is 0.226 e. The first-order valence-electron chi connectivity index (χ1n) is 4.95. The molecule has 0 saturated heterocycles. The SMILES string of the molecule is C=CC=C.C=[N+](C)CC(=O)c1ccccc1.